The third-order valence-corrected chi connectivity index (χ3v) is 4.51. The number of anilines is 1. The molecule has 1 aliphatic rings. The first-order valence-electron chi connectivity index (χ1n) is 8.42. The van der Waals surface area contributed by atoms with Crippen LogP contribution in [0.5, 0.6) is 0 Å². The topological polar surface area (TPSA) is 64.3 Å². The zero-order valence-electron chi connectivity index (χ0n) is 13.8. The third kappa shape index (κ3) is 3.10. The monoisotopic (exact) mass is 323 g/mol. The van der Waals surface area contributed by atoms with E-state index in [9.17, 15) is 0 Å². The molecule has 0 bridgehead atoms. The lowest BCUT2D eigenvalue weighted by Gasteiger charge is -2.10. The summed E-state index contributed by atoms with van der Waals surface area (Å²) < 4.78 is 7.71. The first-order valence-corrected chi connectivity index (χ1v) is 8.42. The minimum Gasteiger partial charge on any atom is -0.372 e. The maximum Gasteiger partial charge on any atom is 0.153 e. The fourth-order valence-electron chi connectivity index (χ4n) is 3.12. The molecular formula is C18H21N5O. The highest BCUT2D eigenvalue weighted by molar-refractivity contribution is 5.69. The van der Waals surface area contributed by atoms with Crippen molar-refractivity contribution < 1.29 is 4.74 Å². The Morgan fingerprint density at radius 3 is 2.71 bits per heavy atom. The Morgan fingerprint density at radius 1 is 1.17 bits per heavy atom. The molecule has 24 heavy (non-hydrogen) atoms. The van der Waals surface area contributed by atoms with Gasteiger partial charge in [-0.1, -0.05) is 12.8 Å². The molecule has 1 saturated carbocycles. The molecule has 1 aliphatic carbocycles. The smallest absolute Gasteiger partial charge is 0.153 e. The van der Waals surface area contributed by atoms with E-state index in [0.29, 0.717) is 12.7 Å². The first-order chi connectivity index (χ1) is 11.8. The minimum absolute atomic E-state index is 0.388. The number of fused-ring (bicyclic) bond motifs is 1. The van der Waals surface area contributed by atoms with E-state index in [1.165, 1.54) is 12.8 Å². The van der Waals surface area contributed by atoms with Gasteiger partial charge in [0.2, 0.25) is 0 Å². The van der Waals surface area contributed by atoms with Gasteiger partial charge >= 0.3 is 0 Å². The van der Waals surface area contributed by atoms with Gasteiger partial charge in [-0.15, -0.1) is 0 Å². The summed E-state index contributed by atoms with van der Waals surface area (Å²) in [5.74, 6) is 1.59. The first kappa shape index (κ1) is 15.1. The summed E-state index contributed by atoms with van der Waals surface area (Å²) in [4.78, 5) is 8.89. The van der Waals surface area contributed by atoms with E-state index in [-0.39, 0.29) is 0 Å². The van der Waals surface area contributed by atoms with Gasteiger partial charge in [-0.05, 0) is 30.5 Å². The Kier molecular flexibility index (Phi) is 4.13. The number of aromatic nitrogens is 4. The molecule has 3 heterocycles. The number of ether oxygens (including phenoxy) is 1. The van der Waals surface area contributed by atoms with Crippen molar-refractivity contribution in [3.8, 4) is 11.1 Å². The summed E-state index contributed by atoms with van der Waals surface area (Å²) in [6.45, 7) is 0.498. The molecule has 3 aromatic rings. The van der Waals surface area contributed by atoms with E-state index >= 15 is 0 Å². The van der Waals surface area contributed by atoms with Gasteiger partial charge in [-0.25, -0.2) is 14.5 Å². The molecule has 0 saturated heterocycles. The Hall–Kier alpha value is -2.47. The highest BCUT2D eigenvalue weighted by Gasteiger charge is 2.15. The summed E-state index contributed by atoms with van der Waals surface area (Å²) in [5, 5.41) is 7.45. The fourth-order valence-corrected chi connectivity index (χ4v) is 3.12. The average molecular weight is 323 g/mol. The zero-order chi connectivity index (χ0) is 16.4. The van der Waals surface area contributed by atoms with Gasteiger partial charge in [0.05, 0.1) is 11.6 Å². The lowest BCUT2D eigenvalue weighted by molar-refractivity contribution is 0.0417. The number of pyridine rings is 1. The number of rotatable bonds is 5. The van der Waals surface area contributed by atoms with Crippen LogP contribution in [0.15, 0.2) is 36.8 Å². The fraction of sp³-hybridized carbons (Fsp3) is 0.389. The predicted octanol–water partition coefficient (Wildman–Crippen LogP) is 3.29. The molecule has 4 rings (SSSR count). The second kappa shape index (κ2) is 6.57. The molecule has 6 nitrogen and oxygen atoms in total. The summed E-state index contributed by atoms with van der Waals surface area (Å²) >= 11 is 0. The van der Waals surface area contributed by atoms with Crippen LogP contribution >= 0.6 is 0 Å². The zero-order valence-corrected chi connectivity index (χ0v) is 13.8. The molecule has 0 atom stereocenters. The minimum atomic E-state index is 0.388. The van der Waals surface area contributed by atoms with Crippen LogP contribution in [-0.4, -0.2) is 32.7 Å². The Bertz CT molecular complexity index is 821. The molecule has 1 fully saturated rings. The van der Waals surface area contributed by atoms with Gasteiger partial charge in [0.1, 0.15) is 12.4 Å². The van der Waals surface area contributed by atoms with Crippen molar-refractivity contribution in [2.24, 2.45) is 0 Å². The molecule has 1 N–H and O–H groups in total. The van der Waals surface area contributed by atoms with Crippen LogP contribution in [0.1, 0.15) is 31.5 Å². The molecule has 0 unspecified atom stereocenters. The van der Waals surface area contributed by atoms with E-state index in [0.717, 1.165) is 41.1 Å². The van der Waals surface area contributed by atoms with Crippen LogP contribution in [0, 0.1) is 0 Å². The van der Waals surface area contributed by atoms with E-state index < -0.39 is 0 Å². The van der Waals surface area contributed by atoms with E-state index in [2.05, 4.69) is 26.4 Å². The van der Waals surface area contributed by atoms with Gasteiger partial charge in [0.25, 0.3) is 0 Å². The van der Waals surface area contributed by atoms with Crippen molar-refractivity contribution in [3.05, 3.63) is 42.6 Å². The standard InChI is InChI=1S/C18H21N5O/c1-19-17-9-15-8-13(6-7-23(15)22-17)14-10-20-18(21-11-14)12-24-16-4-2-3-5-16/h6-11,16H,2-5,12H2,1H3,(H,19,22). The maximum absolute atomic E-state index is 5.86. The molecule has 0 amide bonds. The summed E-state index contributed by atoms with van der Waals surface area (Å²) in [7, 11) is 1.86. The van der Waals surface area contributed by atoms with Gasteiger partial charge in [-0.2, -0.15) is 5.10 Å². The Balaban J connectivity index is 1.49. The molecule has 0 spiro atoms. The molecular weight excluding hydrogens is 302 g/mol. The van der Waals surface area contributed by atoms with Gasteiger partial charge in [0, 0.05) is 37.3 Å². The lowest BCUT2D eigenvalue weighted by Crippen LogP contribution is -2.09. The second-order valence-corrected chi connectivity index (χ2v) is 6.17. The normalized spacial score (nSPS) is 15.2. The van der Waals surface area contributed by atoms with Gasteiger partial charge in [0.15, 0.2) is 5.82 Å². The molecule has 0 aromatic carbocycles. The Morgan fingerprint density at radius 2 is 1.96 bits per heavy atom. The summed E-state index contributed by atoms with van der Waals surface area (Å²) in [5.41, 5.74) is 3.10. The van der Waals surface area contributed by atoms with Crippen LogP contribution in [-0.2, 0) is 11.3 Å². The molecule has 3 aromatic heterocycles. The van der Waals surface area contributed by atoms with E-state index in [4.69, 9.17) is 4.74 Å². The lowest BCUT2D eigenvalue weighted by atomic mass is 10.1. The maximum atomic E-state index is 5.86. The van der Waals surface area contributed by atoms with Gasteiger partial charge in [-0.3, -0.25) is 0 Å². The molecule has 0 radical (unpaired) electrons. The van der Waals surface area contributed by atoms with Gasteiger partial charge < -0.3 is 10.1 Å². The molecule has 0 aliphatic heterocycles. The van der Waals surface area contributed by atoms with Crippen LogP contribution in [0.2, 0.25) is 0 Å². The van der Waals surface area contributed by atoms with Crippen LogP contribution in [0.3, 0.4) is 0 Å². The van der Waals surface area contributed by atoms with Crippen molar-refractivity contribution in [2.75, 3.05) is 12.4 Å². The Labute approximate surface area is 140 Å². The van der Waals surface area contributed by atoms with Crippen molar-refractivity contribution in [1.29, 1.82) is 0 Å². The summed E-state index contributed by atoms with van der Waals surface area (Å²) in [6.07, 6.45) is 10.9. The molecule has 124 valence electrons. The number of hydrogen-bond acceptors (Lipinski definition) is 5. The third-order valence-electron chi connectivity index (χ3n) is 4.51. The largest absolute Gasteiger partial charge is 0.372 e. The highest BCUT2D eigenvalue weighted by atomic mass is 16.5. The number of nitrogens with zero attached hydrogens (tertiary/aromatic N) is 4. The van der Waals surface area contributed by atoms with Crippen molar-refractivity contribution >= 4 is 11.3 Å². The van der Waals surface area contributed by atoms with Crippen molar-refractivity contribution in [1.82, 2.24) is 19.6 Å². The number of hydrogen-bond donors (Lipinski definition) is 1. The van der Waals surface area contributed by atoms with Crippen LogP contribution < -0.4 is 5.32 Å². The second-order valence-electron chi connectivity index (χ2n) is 6.17. The SMILES string of the molecule is CNc1cc2cc(-c3cnc(COC4CCCC4)nc3)ccn2n1. The van der Waals surface area contributed by atoms with Crippen molar-refractivity contribution in [3.63, 3.8) is 0 Å². The summed E-state index contributed by atoms with van der Waals surface area (Å²) in [6, 6.07) is 6.11. The average Bonchev–Trinajstić information content (AvgIpc) is 3.28. The van der Waals surface area contributed by atoms with Crippen LogP contribution in [0.4, 0.5) is 5.82 Å². The van der Waals surface area contributed by atoms with E-state index in [1.807, 2.05) is 42.3 Å². The molecule has 6 heteroatoms. The highest BCUT2D eigenvalue weighted by Crippen LogP contribution is 2.23. The predicted molar refractivity (Wildman–Crippen MR) is 92.8 cm³/mol. The quantitative estimate of drug-likeness (QED) is 0.780. The van der Waals surface area contributed by atoms with Crippen LogP contribution in [0.25, 0.3) is 16.6 Å². The van der Waals surface area contributed by atoms with Crippen molar-refractivity contribution in [2.45, 2.75) is 38.4 Å². The number of nitrogens with one attached hydrogen (secondary N) is 1. The van der Waals surface area contributed by atoms with E-state index in [1.54, 1.807) is 0 Å².